The topological polar surface area (TPSA) is 54.5 Å². The van der Waals surface area contributed by atoms with Crippen LogP contribution in [0.4, 0.5) is 47.3 Å². The van der Waals surface area contributed by atoms with Gasteiger partial charge in [0.05, 0.1) is 14.2 Å². The Bertz CT molecular complexity index is 2880. The number of ether oxygens (including phenoxy) is 2. The molecule has 8 aromatic carbocycles. The van der Waals surface area contributed by atoms with Crippen molar-refractivity contribution < 1.29 is 22.6 Å². The lowest BCUT2D eigenvalue weighted by Crippen LogP contribution is -1.98. The van der Waals surface area contributed by atoms with E-state index in [-0.39, 0.29) is 17.5 Å². The molecule has 3 N–H and O–H groups in total. The van der Waals surface area contributed by atoms with Crippen LogP contribution in [0.1, 0.15) is 44.5 Å². The zero-order valence-electron chi connectivity index (χ0n) is 38.5. The maximum absolute atomic E-state index is 13.1. The third-order valence-corrected chi connectivity index (χ3v) is 10.9. The maximum Gasteiger partial charge on any atom is 0.126 e. The molecule has 0 aliphatic heterocycles. The second-order valence-electron chi connectivity index (χ2n) is 15.8. The second-order valence-corrected chi connectivity index (χ2v) is 15.8. The molecule has 0 unspecified atom stereocenters. The molecule has 0 bridgehead atoms. The predicted molar refractivity (Wildman–Crippen MR) is 275 cm³/mol. The molecule has 0 saturated heterocycles. The van der Waals surface area contributed by atoms with Crippen LogP contribution in [0, 0.1) is 38.2 Å². The van der Waals surface area contributed by atoms with Gasteiger partial charge in [-0.05, 0) is 176 Å². The first-order valence-electron chi connectivity index (χ1n) is 21.9. The van der Waals surface area contributed by atoms with E-state index >= 15 is 0 Å². The summed E-state index contributed by atoms with van der Waals surface area (Å²) in [6.07, 6.45) is 7.73. The number of hydrogen-bond donors (Lipinski definition) is 3. The van der Waals surface area contributed by atoms with Crippen LogP contribution in [0.25, 0.3) is 18.2 Å². The summed E-state index contributed by atoms with van der Waals surface area (Å²) in [4.78, 5) is 0. The Morgan fingerprint density at radius 1 is 0.448 bits per heavy atom. The molecule has 340 valence electrons. The van der Waals surface area contributed by atoms with Crippen molar-refractivity contribution >= 4 is 52.4 Å². The standard InChI is InChI=1S/C22H22FNO.C22H20FNO.C15H14FN/c2*1-16-7-8-17(9-10-18-5-3-4-6-22(18)25-2)15-21(16)24-20-13-11-19(23)12-14-20;1-3-12-5-4-11(2)15(10-12)17-14-8-6-13(16)7-9-14/h3-8,11-15,24H,9-10H2,1-2H3;3-15,24H,1-2H3;3-10,17H,1H2,2H3/b;10-9+;. The number of aryl methyl sites for hydroxylation is 5. The average molecular weight is 896 g/mol. The van der Waals surface area contributed by atoms with Gasteiger partial charge in [0, 0.05) is 39.7 Å². The number of nitrogens with one attached hydrogen (secondary N) is 3. The average Bonchev–Trinajstić information content (AvgIpc) is 3.35. The van der Waals surface area contributed by atoms with Crippen molar-refractivity contribution in [2.75, 3.05) is 30.2 Å². The summed E-state index contributed by atoms with van der Waals surface area (Å²) in [6, 6.07) is 53.8. The van der Waals surface area contributed by atoms with Gasteiger partial charge >= 0.3 is 0 Å². The summed E-state index contributed by atoms with van der Waals surface area (Å²) in [6.45, 7) is 9.88. The van der Waals surface area contributed by atoms with Gasteiger partial charge in [-0.1, -0.05) is 97.6 Å². The Morgan fingerprint density at radius 3 is 1.39 bits per heavy atom. The van der Waals surface area contributed by atoms with Gasteiger partial charge in [-0.2, -0.15) is 0 Å². The lowest BCUT2D eigenvalue weighted by molar-refractivity contribution is 0.409. The number of para-hydroxylation sites is 2. The quantitative estimate of drug-likeness (QED) is 0.0950. The molecule has 8 aromatic rings. The van der Waals surface area contributed by atoms with Crippen LogP contribution in [0.5, 0.6) is 11.5 Å². The van der Waals surface area contributed by atoms with Crippen LogP contribution in [0.2, 0.25) is 0 Å². The summed E-state index contributed by atoms with van der Waals surface area (Å²) in [5.41, 5.74) is 14.7. The number of halogens is 3. The van der Waals surface area contributed by atoms with Crippen LogP contribution < -0.4 is 25.4 Å². The van der Waals surface area contributed by atoms with Crippen molar-refractivity contribution in [1.82, 2.24) is 0 Å². The molecule has 0 aliphatic rings. The molecule has 67 heavy (non-hydrogen) atoms. The fourth-order valence-electron chi connectivity index (χ4n) is 6.98. The highest BCUT2D eigenvalue weighted by Gasteiger charge is 2.07. The molecule has 0 spiro atoms. The molecule has 0 aromatic heterocycles. The largest absolute Gasteiger partial charge is 0.496 e. The first kappa shape index (κ1) is 48.5. The predicted octanol–water partition coefficient (Wildman–Crippen LogP) is 16.2. The fraction of sp³-hybridized carbons (Fsp3) is 0.119. The van der Waals surface area contributed by atoms with E-state index in [1.165, 1.54) is 47.5 Å². The van der Waals surface area contributed by atoms with Crippen LogP contribution in [-0.4, -0.2) is 14.2 Å². The molecule has 0 fully saturated rings. The molecule has 0 saturated carbocycles. The van der Waals surface area contributed by atoms with Gasteiger partial charge in [-0.15, -0.1) is 0 Å². The Kier molecular flexibility index (Phi) is 17.6. The molecular weight excluding hydrogens is 840 g/mol. The minimum atomic E-state index is -0.240. The zero-order chi connectivity index (χ0) is 47.5. The lowest BCUT2D eigenvalue weighted by Gasteiger charge is -2.13. The van der Waals surface area contributed by atoms with Crippen molar-refractivity contribution in [3.63, 3.8) is 0 Å². The number of hydrogen-bond acceptors (Lipinski definition) is 5. The van der Waals surface area contributed by atoms with Crippen LogP contribution >= 0.6 is 0 Å². The van der Waals surface area contributed by atoms with Gasteiger partial charge < -0.3 is 25.4 Å². The number of benzene rings is 8. The van der Waals surface area contributed by atoms with Gasteiger partial charge in [-0.3, -0.25) is 0 Å². The SMILES string of the molecule is C=Cc1ccc(C)c(Nc2ccc(F)cc2)c1.COc1ccccc1/C=C/c1ccc(C)c(Nc2ccc(F)cc2)c1.COc1ccccc1CCc1ccc(C)c(Nc2ccc(F)cc2)c1. The molecule has 0 heterocycles. The summed E-state index contributed by atoms with van der Waals surface area (Å²) >= 11 is 0. The Balaban J connectivity index is 0.000000169. The van der Waals surface area contributed by atoms with Gasteiger partial charge in [0.25, 0.3) is 0 Å². The molecule has 5 nitrogen and oxygen atoms in total. The van der Waals surface area contributed by atoms with Crippen molar-refractivity contribution in [3.05, 3.63) is 244 Å². The van der Waals surface area contributed by atoms with Crippen LogP contribution in [-0.2, 0) is 12.8 Å². The van der Waals surface area contributed by atoms with E-state index in [2.05, 4.69) is 71.9 Å². The van der Waals surface area contributed by atoms with Gasteiger partial charge in [0.1, 0.15) is 29.0 Å². The highest BCUT2D eigenvalue weighted by Crippen LogP contribution is 2.27. The minimum Gasteiger partial charge on any atom is -0.496 e. The first-order valence-corrected chi connectivity index (χ1v) is 21.9. The van der Waals surface area contributed by atoms with Crippen molar-refractivity contribution in [1.29, 1.82) is 0 Å². The van der Waals surface area contributed by atoms with E-state index in [0.29, 0.717) is 0 Å². The summed E-state index contributed by atoms with van der Waals surface area (Å²) in [7, 11) is 3.37. The maximum atomic E-state index is 13.1. The molecular formula is C59H56F3N3O2. The van der Waals surface area contributed by atoms with Crippen LogP contribution in [0.3, 0.4) is 0 Å². The summed E-state index contributed by atoms with van der Waals surface area (Å²) in [5.74, 6) is 1.07. The third-order valence-electron chi connectivity index (χ3n) is 10.9. The lowest BCUT2D eigenvalue weighted by atomic mass is 10.0. The molecule has 8 rings (SSSR count). The first-order chi connectivity index (χ1) is 32.5. The summed E-state index contributed by atoms with van der Waals surface area (Å²) < 4.78 is 49.7. The van der Waals surface area contributed by atoms with E-state index in [4.69, 9.17) is 9.47 Å². The Morgan fingerprint density at radius 2 is 0.881 bits per heavy atom. The highest BCUT2D eigenvalue weighted by atomic mass is 19.1. The van der Waals surface area contributed by atoms with E-state index in [0.717, 1.165) is 91.8 Å². The molecule has 0 aliphatic carbocycles. The Labute approximate surface area is 393 Å². The Hall–Kier alpha value is -7.97. The van der Waals surface area contributed by atoms with E-state index < -0.39 is 0 Å². The molecule has 0 amide bonds. The monoisotopic (exact) mass is 895 g/mol. The van der Waals surface area contributed by atoms with Crippen molar-refractivity contribution in [2.45, 2.75) is 33.6 Å². The normalized spacial score (nSPS) is 10.5. The number of rotatable bonds is 14. The minimum absolute atomic E-state index is 0.229. The molecule has 0 atom stereocenters. The summed E-state index contributed by atoms with van der Waals surface area (Å²) in [5, 5.41) is 9.96. The van der Waals surface area contributed by atoms with Crippen molar-refractivity contribution in [3.8, 4) is 11.5 Å². The molecule has 0 radical (unpaired) electrons. The van der Waals surface area contributed by atoms with E-state index in [1.807, 2.05) is 86.7 Å². The number of methoxy groups -OCH3 is 2. The van der Waals surface area contributed by atoms with E-state index in [1.54, 1.807) is 56.7 Å². The van der Waals surface area contributed by atoms with E-state index in [9.17, 15) is 13.2 Å². The highest BCUT2D eigenvalue weighted by molar-refractivity contribution is 5.76. The fourth-order valence-corrected chi connectivity index (χ4v) is 6.98. The molecule has 8 heteroatoms. The second kappa shape index (κ2) is 24.4. The zero-order valence-corrected chi connectivity index (χ0v) is 38.5. The number of anilines is 6. The van der Waals surface area contributed by atoms with Crippen molar-refractivity contribution in [2.24, 2.45) is 0 Å². The smallest absolute Gasteiger partial charge is 0.126 e. The van der Waals surface area contributed by atoms with Gasteiger partial charge in [0.2, 0.25) is 0 Å². The van der Waals surface area contributed by atoms with Crippen LogP contribution in [0.15, 0.2) is 183 Å². The third kappa shape index (κ3) is 14.8. The van der Waals surface area contributed by atoms with Gasteiger partial charge in [0.15, 0.2) is 0 Å². The van der Waals surface area contributed by atoms with Gasteiger partial charge in [-0.25, -0.2) is 13.2 Å².